The average Bonchev–Trinajstić information content (AvgIpc) is 2.60. The highest BCUT2D eigenvalue weighted by Crippen LogP contribution is 2.17. The third-order valence-corrected chi connectivity index (χ3v) is 3.41. The lowest BCUT2D eigenvalue weighted by molar-refractivity contribution is -0.154. The van der Waals surface area contributed by atoms with Crippen molar-refractivity contribution in [1.82, 2.24) is 15.6 Å². The van der Waals surface area contributed by atoms with Gasteiger partial charge in [-0.3, -0.25) is 4.99 Å². The van der Waals surface area contributed by atoms with Crippen LogP contribution in [0.2, 0.25) is 0 Å². The summed E-state index contributed by atoms with van der Waals surface area (Å²) in [7, 11) is 1.66. The first-order chi connectivity index (χ1) is 12.4. The number of benzene rings is 1. The predicted molar refractivity (Wildman–Crippen MR) is 109 cm³/mol. The molecule has 1 heterocycles. The Morgan fingerprint density at radius 3 is 2.37 bits per heavy atom. The number of halogens is 4. The van der Waals surface area contributed by atoms with Crippen LogP contribution in [-0.2, 0) is 13.1 Å². The zero-order valence-electron chi connectivity index (χ0n) is 15.0. The predicted octanol–water partition coefficient (Wildman–Crippen LogP) is 3.81. The van der Waals surface area contributed by atoms with Gasteiger partial charge in [-0.05, 0) is 18.1 Å². The molecule has 0 amide bonds. The molecule has 5 nitrogen and oxygen atoms in total. The van der Waals surface area contributed by atoms with Crippen molar-refractivity contribution in [2.24, 2.45) is 4.99 Å². The fraction of sp³-hybridized carbons (Fsp3) is 0.333. The Kier molecular flexibility index (Phi) is 9.33. The highest BCUT2D eigenvalue weighted by Gasteiger charge is 2.28. The summed E-state index contributed by atoms with van der Waals surface area (Å²) in [6, 6.07) is 11.2. The number of hydrogen-bond acceptors (Lipinski definition) is 3. The number of guanidine groups is 1. The van der Waals surface area contributed by atoms with E-state index in [-0.39, 0.29) is 29.9 Å². The van der Waals surface area contributed by atoms with Crippen molar-refractivity contribution in [3.05, 3.63) is 59.3 Å². The fourth-order valence-corrected chi connectivity index (χ4v) is 2.17. The Morgan fingerprint density at radius 1 is 1.11 bits per heavy atom. The molecule has 2 rings (SSSR count). The van der Waals surface area contributed by atoms with Crippen molar-refractivity contribution in [2.75, 3.05) is 13.7 Å². The Morgan fingerprint density at radius 2 is 1.81 bits per heavy atom. The summed E-state index contributed by atoms with van der Waals surface area (Å²) in [6.07, 6.45) is -2.91. The van der Waals surface area contributed by atoms with Gasteiger partial charge < -0.3 is 15.4 Å². The van der Waals surface area contributed by atoms with Gasteiger partial charge in [-0.15, -0.1) is 24.0 Å². The number of rotatable bonds is 6. The normalized spacial score (nSPS) is 11.5. The van der Waals surface area contributed by atoms with Crippen LogP contribution in [0, 0.1) is 6.92 Å². The van der Waals surface area contributed by atoms with Crippen LogP contribution in [0.3, 0.4) is 0 Å². The van der Waals surface area contributed by atoms with Crippen LogP contribution in [0.1, 0.15) is 16.7 Å². The molecule has 0 aliphatic carbocycles. The fourth-order valence-electron chi connectivity index (χ4n) is 2.17. The maximum absolute atomic E-state index is 12.1. The monoisotopic (exact) mass is 494 g/mol. The highest BCUT2D eigenvalue weighted by molar-refractivity contribution is 14.0. The molecule has 1 aromatic heterocycles. The SMILES string of the molecule is CN=C(NCc1ccc(OCC(F)(F)F)nc1)NCc1cccc(C)c1.I. The number of pyridine rings is 1. The molecule has 0 aliphatic heterocycles. The van der Waals surface area contributed by atoms with Crippen molar-refractivity contribution in [1.29, 1.82) is 0 Å². The summed E-state index contributed by atoms with van der Waals surface area (Å²) < 4.78 is 40.9. The van der Waals surface area contributed by atoms with Crippen molar-refractivity contribution in [3.8, 4) is 5.88 Å². The second-order valence-corrected chi connectivity index (χ2v) is 5.68. The molecular weight excluding hydrogens is 472 g/mol. The lowest BCUT2D eigenvalue weighted by Gasteiger charge is -2.13. The van der Waals surface area contributed by atoms with E-state index in [2.05, 4.69) is 31.4 Å². The van der Waals surface area contributed by atoms with Crippen molar-refractivity contribution < 1.29 is 17.9 Å². The van der Waals surface area contributed by atoms with Gasteiger partial charge in [-0.2, -0.15) is 13.2 Å². The third kappa shape index (κ3) is 8.94. The highest BCUT2D eigenvalue weighted by atomic mass is 127. The Labute approximate surface area is 173 Å². The number of aromatic nitrogens is 1. The molecule has 0 atom stereocenters. The molecule has 0 saturated heterocycles. The van der Waals surface area contributed by atoms with E-state index in [0.29, 0.717) is 19.0 Å². The van der Waals surface area contributed by atoms with E-state index in [1.54, 1.807) is 13.1 Å². The zero-order chi connectivity index (χ0) is 19.0. The molecule has 0 aliphatic rings. The second-order valence-electron chi connectivity index (χ2n) is 5.68. The molecule has 148 valence electrons. The smallest absolute Gasteiger partial charge is 0.422 e. The molecule has 1 aromatic carbocycles. The topological polar surface area (TPSA) is 58.5 Å². The van der Waals surface area contributed by atoms with Gasteiger partial charge in [-0.1, -0.05) is 35.9 Å². The van der Waals surface area contributed by atoms with Gasteiger partial charge in [-0.25, -0.2) is 4.98 Å². The maximum atomic E-state index is 12.1. The minimum Gasteiger partial charge on any atom is -0.468 e. The minimum atomic E-state index is -4.38. The van der Waals surface area contributed by atoms with Crippen LogP contribution in [0.15, 0.2) is 47.6 Å². The first-order valence-corrected chi connectivity index (χ1v) is 8.00. The summed E-state index contributed by atoms with van der Waals surface area (Å²) in [5, 5.41) is 6.32. The van der Waals surface area contributed by atoms with E-state index < -0.39 is 12.8 Å². The summed E-state index contributed by atoms with van der Waals surface area (Å²) in [4.78, 5) is 8.01. The summed E-state index contributed by atoms with van der Waals surface area (Å²) in [5.74, 6) is 0.553. The van der Waals surface area contributed by atoms with E-state index in [4.69, 9.17) is 0 Å². The van der Waals surface area contributed by atoms with Gasteiger partial charge in [0, 0.05) is 32.4 Å². The summed E-state index contributed by atoms with van der Waals surface area (Å²) in [6.45, 7) is 1.74. The molecule has 0 bridgehead atoms. The van der Waals surface area contributed by atoms with Crippen molar-refractivity contribution >= 4 is 29.9 Å². The Balaban J connectivity index is 0.00000364. The number of aliphatic imine (C=N–C) groups is 1. The lowest BCUT2D eigenvalue weighted by Crippen LogP contribution is -2.36. The molecule has 0 radical (unpaired) electrons. The van der Waals surface area contributed by atoms with Crippen LogP contribution in [0.25, 0.3) is 0 Å². The third-order valence-electron chi connectivity index (χ3n) is 3.41. The first-order valence-electron chi connectivity index (χ1n) is 8.00. The van der Waals surface area contributed by atoms with Gasteiger partial charge in [0.2, 0.25) is 5.88 Å². The minimum absolute atomic E-state index is 0. The molecule has 0 unspecified atom stereocenters. The number of ether oxygens (including phenoxy) is 1. The van der Waals surface area contributed by atoms with E-state index in [0.717, 1.165) is 11.1 Å². The van der Waals surface area contributed by atoms with E-state index in [1.807, 2.05) is 25.1 Å². The van der Waals surface area contributed by atoms with Gasteiger partial charge in [0.1, 0.15) is 0 Å². The molecule has 2 N–H and O–H groups in total. The van der Waals surface area contributed by atoms with Crippen LogP contribution >= 0.6 is 24.0 Å². The van der Waals surface area contributed by atoms with Crippen LogP contribution in [0.5, 0.6) is 5.88 Å². The summed E-state index contributed by atoms with van der Waals surface area (Å²) >= 11 is 0. The van der Waals surface area contributed by atoms with Crippen LogP contribution < -0.4 is 15.4 Å². The first kappa shape index (κ1) is 23.0. The van der Waals surface area contributed by atoms with Crippen molar-refractivity contribution in [3.63, 3.8) is 0 Å². The van der Waals surface area contributed by atoms with E-state index in [9.17, 15) is 13.2 Å². The Bertz CT molecular complexity index is 736. The molecule has 27 heavy (non-hydrogen) atoms. The van der Waals surface area contributed by atoms with Gasteiger partial charge in [0.15, 0.2) is 12.6 Å². The molecule has 2 aromatic rings. The van der Waals surface area contributed by atoms with Crippen molar-refractivity contribution in [2.45, 2.75) is 26.2 Å². The maximum Gasteiger partial charge on any atom is 0.422 e. The zero-order valence-corrected chi connectivity index (χ0v) is 17.3. The largest absolute Gasteiger partial charge is 0.468 e. The molecule has 0 spiro atoms. The number of alkyl halides is 3. The lowest BCUT2D eigenvalue weighted by atomic mass is 10.1. The average molecular weight is 494 g/mol. The molecule has 0 fully saturated rings. The van der Waals surface area contributed by atoms with E-state index >= 15 is 0 Å². The van der Waals surface area contributed by atoms with Gasteiger partial charge in [0.25, 0.3) is 0 Å². The van der Waals surface area contributed by atoms with Gasteiger partial charge in [0.05, 0.1) is 0 Å². The number of hydrogen-bond donors (Lipinski definition) is 2. The molecular formula is C18H22F3IN4O. The van der Waals surface area contributed by atoms with Crippen LogP contribution in [0.4, 0.5) is 13.2 Å². The second kappa shape index (κ2) is 11.0. The van der Waals surface area contributed by atoms with Gasteiger partial charge >= 0.3 is 6.18 Å². The number of nitrogens with one attached hydrogen (secondary N) is 2. The Hall–Kier alpha value is -2.04. The van der Waals surface area contributed by atoms with Crippen LogP contribution in [-0.4, -0.2) is 30.8 Å². The summed E-state index contributed by atoms with van der Waals surface area (Å²) in [5.41, 5.74) is 3.12. The molecule has 9 heteroatoms. The standard InChI is InChI=1S/C18H21F3N4O.HI/c1-13-4-3-5-14(8-13)9-24-17(22-2)25-11-15-6-7-16(23-10-15)26-12-18(19,20)21;/h3-8,10H,9,11-12H2,1-2H3,(H2,22,24,25);1H. The molecule has 0 saturated carbocycles. The number of nitrogens with zero attached hydrogens (tertiary/aromatic N) is 2. The van der Waals surface area contributed by atoms with E-state index in [1.165, 1.54) is 17.8 Å². The quantitative estimate of drug-likeness (QED) is 0.365. The number of aryl methyl sites for hydroxylation is 1.